The molecular formula is C26H26N2O6. The molecule has 0 aliphatic heterocycles. The third-order valence-corrected chi connectivity index (χ3v) is 5.09. The third kappa shape index (κ3) is 6.19. The van der Waals surface area contributed by atoms with Crippen molar-refractivity contribution in [2.75, 3.05) is 0 Å². The van der Waals surface area contributed by atoms with Gasteiger partial charge in [-0.15, -0.1) is 0 Å². The first kappa shape index (κ1) is 24.4. The van der Waals surface area contributed by atoms with Crippen molar-refractivity contribution in [1.82, 2.24) is 10.3 Å². The fourth-order valence-electron chi connectivity index (χ4n) is 3.31. The van der Waals surface area contributed by atoms with Crippen molar-refractivity contribution in [1.29, 1.82) is 0 Å². The first-order valence-corrected chi connectivity index (χ1v) is 10.8. The number of nitrogens with one attached hydrogen (secondary N) is 1. The van der Waals surface area contributed by atoms with Gasteiger partial charge in [-0.05, 0) is 37.6 Å². The van der Waals surface area contributed by atoms with Gasteiger partial charge >= 0.3 is 5.97 Å². The molecule has 0 saturated carbocycles. The third-order valence-electron chi connectivity index (χ3n) is 5.09. The van der Waals surface area contributed by atoms with E-state index >= 15 is 0 Å². The van der Waals surface area contributed by atoms with Gasteiger partial charge in [0.25, 0.3) is 5.91 Å². The fourth-order valence-corrected chi connectivity index (χ4v) is 3.31. The summed E-state index contributed by atoms with van der Waals surface area (Å²) in [5, 5.41) is 12.7. The van der Waals surface area contributed by atoms with Gasteiger partial charge in [-0.25, -0.2) is 9.78 Å². The Morgan fingerprint density at radius 1 is 1.03 bits per heavy atom. The van der Waals surface area contributed by atoms with E-state index < -0.39 is 35.9 Å². The maximum Gasteiger partial charge on any atom is 0.328 e. The van der Waals surface area contributed by atoms with Crippen molar-refractivity contribution in [2.24, 2.45) is 0 Å². The second kappa shape index (κ2) is 11.6. The van der Waals surface area contributed by atoms with E-state index in [0.717, 1.165) is 5.56 Å². The number of amides is 1. The Balaban J connectivity index is 1.69. The van der Waals surface area contributed by atoms with E-state index in [0.29, 0.717) is 12.0 Å². The lowest BCUT2D eigenvalue weighted by Crippen LogP contribution is -2.42. The molecule has 0 radical (unpaired) electrons. The molecule has 0 fully saturated rings. The van der Waals surface area contributed by atoms with Crippen molar-refractivity contribution in [2.45, 2.75) is 38.5 Å². The molecule has 0 spiro atoms. The van der Waals surface area contributed by atoms with Crippen LogP contribution in [0, 0.1) is 0 Å². The Morgan fingerprint density at radius 3 is 2.32 bits per heavy atom. The summed E-state index contributed by atoms with van der Waals surface area (Å²) in [6.45, 7) is 3.18. The van der Waals surface area contributed by atoms with Gasteiger partial charge in [0.2, 0.25) is 0 Å². The molecule has 1 heterocycles. The van der Waals surface area contributed by atoms with E-state index in [1.165, 1.54) is 19.2 Å². The number of aromatic nitrogens is 1. The molecule has 0 bridgehead atoms. The smallest absolute Gasteiger partial charge is 0.328 e. The molecule has 1 aromatic heterocycles. The van der Waals surface area contributed by atoms with Crippen LogP contribution in [0.2, 0.25) is 0 Å². The van der Waals surface area contributed by atoms with Crippen LogP contribution in [0.15, 0.2) is 72.9 Å². The molecule has 2 unspecified atom stereocenters. The van der Waals surface area contributed by atoms with Gasteiger partial charge in [0, 0.05) is 18.2 Å². The number of nitrogens with zero attached hydrogens (tertiary/aromatic N) is 1. The molecule has 34 heavy (non-hydrogen) atoms. The van der Waals surface area contributed by atoms with Gasteiger partial charge in [-0.3, -0.25) is 4.79 Å². The minimum atomic E-state index is -1.03. The van der Waals surface area contributed by atoms with Gasteiger partial charge < -0.3 is 24.7 Å². The quantitative estimate of drug-likeness (QED) is 0.351. The monoisotopic (exact) mass is 462 g/mol. The second-order valence-corrected chi connectivity index (χ2v) is 7.64. The predicted octanol–water partition coefficient (Wildman–Crippen LogP) is 3.40. The lowest BCUT2D eigenvalue weighted by molar-refractivity contribution is -0.154. The molecular weight excluding hydrogens is 436 g/mol. The topological polar surface area (TPSA) is 115 Å². The van der Waals surface area contributed by atoms with Crippen LogP contribution in [0.4, 0.5) is 0 Å². The number of hydrogen-bond acceptors (Lipinski definition) is 7. The number of carbonyl (C=O) groups excluding carboxylic acids is 3. The Labute approximate surface area is 197 Å². The van der Waals surface area contributed by atoms with Crippen LogP contribution >= 0.6 is 0 Å². The summed E-state index contributed by atoms with van der Waals surface area (Å²) in [5.41, 5.74) is 0.814. The van der Waals surface area contributed by atoms with Crippen LogP contribution in [-0.4, -0.2) is 40.4 Å². The Kier molecular flexibility index (Phi) is 8.34. The van der Waals surface area contributed by atoms with Crippen LogP contribution < -0.4 is 10.1 Å². The first-order chi connectivity index (χ1) is 16.4. The van der Waals surface area contributed by atoms with Gasteiger partial charge in [-0.1, -0.05) is 48.5 Å². The Hall–Kier alpha value is -4.20. The van der Waals surface area contributed by atoms with Crippen molar-refractivity contribution >= 4 is 18.2 Å². The van der Waals surface area contributed by atoms with Crippen molar-refractivity contribution < 1.29 is 29.0 Å². The van der Waals surface area contributed by atoms with Gasteiger partial charge in [0.05, 0.1) is 0 Å². The number of aromatic hydroxyl groups is 1. The summed E-state index contributed by atoms with van der Waals surface area (Å²) < 4.78 is 11.7. The highest BCUT2D eigenvalue weighted by molar-refractivity contribution is 5.97. The minimum Gasteiger partial charge on any atom is -0.505 e. The Bertz CT molecular complexity index is 1120. The number of ether oxygens (including phenoxy) is 2. The summed E-state index contributed by atoms with van der Waals surface area (Å²) in [7, 11) is 0. The fraction of sp³-hybridized carbons (Fsp3) is 0.231. The summed E-state index contributed by atoms with van der Waals surface area (Å²) in [4.78, 5) is 39.9. The number of aldehydes is 1. The van der Waals surface area contributed by atoms with Crippen LogP contribution in [0.3, 0.4) is 0 Å². The molecule has 8 nitrogen and oxygen atoms in total. The van der Waals surface area contributed by atoms with E-state index in [-0.39, 0.29) is 17.7 Å². The molecule has 0 aliphatic carbocycles. The molecule has 176 valence electrons. The molecule has 0 saturated heterocycles. The number of para-hydroxylation sites is 1. The number of benzene rings is 2. The number of hydrogen-bond donors (Lipinski definition) is 2. The van der Waals surface area contributed by atoms with Gasteiger partial charge in [-0.2, -0.15) is 0 Å². The van der Waals surface area contributed by atoms with Gasteiger partial charge in [0.1, 0.15) is 24.2 Å². The number of pyridine rings is 1. The van der Waals surface area contributed by atoms with Crippen LogP contribution in [0.25, 0.3) is 0 Å². The lowest BCUT2D eigenvalue weighted by Gasteiger charge is -2.26. The zero-order chi connectivity index (χ0) is 24.5. The molecule has 2 aromatic carbocycles. The maximum absolute atomic E-state index is 12.7. The zero-order valence-electron chi connectivity index (χ0n) is 18.9. The normalized spacial score (nSPS) is 13.2. The number of rotatable bonds is 10. The molecule has 3 aromatic rings. The van der Waals surface area contributed by atoms with Gasteiger partial charge in [0.15, 0.2) is 17.5 Å². The lowest BCUT2D eigenvalue weighted by atomic mass is 10.0. The summed E-state index contributed by atoms with van der Waals surface area (Å²) in [6, 6.07) is 19.0. The van der Waals surface area contributed by atoms with Crippen LogP contribution in [-0.2, 0) is 20.7 Å². The summed E-state index contributed by atoms with van der Waals surface area (Å²) in [6.07, 6.45) is 0.590. The standard InChI is InChI=1S/C26H26N2O6/c1-17(28-25(31)22-23(30)19(14-16-29)13-15-27-22)26(32)33-18(2)24(20-9-5-3-6-10-20)34-21-11-7-4-8-12-21/h3-13,15-18,24,30H,14H2,1-2H3,(H,28,31)/t17-,18?,24?/m0/s1. The predicted molar refractivity (Wildman–Crippen MR) is 124 cm³/mol. The number of esters is 1. The molecule has 8 heteroatoms. The number of carbonyl (C=O) groups is 3. The second-order valence-electron chi connectivity index (χ2n) is 7.64. The minimum absolute atomic E-state index is 0.0635. The summed E-state index contributed by atoms with van der Waals surface area (Å²) >= 11 is 0. The van der Waals surface area contributed by atoms with Crippen molar-refractivity contribution in [3.05, 3.63) is 89.7 Å². The molecule has 0 aliphatic rings. The average molecular weight is 463 g/mol. The highest BCUT2D eigenvalue weighted by Crippen LogP contribution is 2.27. The average Bonchev–Trinajstić information content (AvgIpc) is 2.85. The van der Waals surface area contributed by atoms with E-state index in [4.69, 9.17) is 9.47 Å². The maximum atomic E-state index is 12.7. The zero-order valence-corrected chi connectivity index (χ0v) is 18.9. The van der Waals surface area contributed by atoms with Crippen molar-refractivity contribution in [3.8, 4) is 11.5 Å². The van der Waals surface area contributed by atoms with Crippen LogP contribution in [0.5, 0.6) is 11.5 Å². The highest BCUT2D eigenvalue weighted by atomic mass is 16.6. The Morgan fingerprint density at radius 2 is 1.68 bits per heavy atom. The van der Waals surface area contributed by atoms with Crippen molar-refractivity contribution in [3.63, 3.8) is 0 Å². The summed E-state index contributed by atoms with van der Waals surface area (Å²) in [5.74, 6) is -1.22. The molecule has 1 amide bonds. The molecule has 2 N–H and O–H groups in total. The van der Waals surface area contributed by atoms with E-state index in [9.17, 15) is 19.5 Å². The van der Waals surface area contributed by atoms with Crippen LogP contribution in [0.1, 0.15) is 41.6 Å². The highest BCUT2D eigenvalue weighted by Gasteiger charge is 2.28. The molecule has 3 rings (SSSR count). The van der Waals surface area contributed by atoms with E-state index in [1.54, 1.807) is 6.92 Å². The molecule has 3 atom stereocenters. The SMILES string of the molecule is CC(OC(=O)[C@H](C)NC(=O)c1nccc(CC=O)c1O)C(Oc1ccccc1)c1ccccc1. The van der Waals surface area contributed by atoms with E-state index in [1.807, 2.05) is 60.7 Å². The first-order valence-electron chi connectivity index (χ1n) is 10.8. The largest absolute Gasteiger partial charge is 0.505 e. The van der Waals surface area contributed by atoms with E-state index in [2.05, 4.69) is 10.3 Å².